The highest BCUT2D eigenvalue weighted by Gasteiger charge is 2.54. The molecular weight excluding hydrogens is 343 g/mol. The highest BCUT2D eigenvalue weighted by molar-refractivity contribution is 5.97. The third-order valence-electron chi connectivity index (χ3n) is 5.06. The van der Waals surface area contributed by atoms with Crippen molar-refractivity contribution in [1.82, 2.24) is 9.80 Å². The lowest BCUT2D eigenvalue weighted by Gasteiger charge is -2.44. The molecule has 0 aliphatic carbocycles. The molecule has 7 nitrogen and oxygen atoms in total. The van der Waals surface area contributed by atoms with Crippen molar-refractivity contribution >= 4 is 17.8 Å². The molecule has 3 rings (SSSR count). The number of halogens is 1. The van der Waals surface area contributed by atoms with Gasteiger partial charge in [-0.3, -0.25) is 14.5 Å². The number of carbonyl (C=O) groups is 3. The van der Waals surface area contributed by atoms with E-state index in [2.05, 4.69) is 0 Å². The maximum absolute atomic E-state index is 13.2. The van der Waals surface area contributed by atoms with Crippen LogP contribution in [0.3, 0.4) is 0 Å². The van der Waals surface area contributed by atoms with Gasteiger partial charge in [-0.25, -0.2) is 9.18 Å². The van der Waals surface area contributed by atoms with Gasteiger partial charge in [0.15, 0.2) is 6.04 Å². The van der Waals surface area contributed by atoms with Crippen molar-refractivity contribution in [2.24, 2.45) is 0 Å². The summed E-state index contributed by atoms with van der Waals surface area (Å²) in [6.07, 6.45) is 1.08. The molecule has 2 amide bonds. The van der Waals surface area contributed by atoms with Gasteiger partial charge in [0.05, 0.1) is 6.61 Å². The number of nitrogens with zero attached hydrogens (tertiary/aromatic N) is 2. The number of aliphatic carboxylic acids is 1. The molecule has 0 saturated carbocycles. The summed E-state index contributed by atoms with van der Waals surface area (Å²) in [6, 6.07) is 3.88. The van der Waals surface area contributed by atoms with Crippen LogP contribution in [0.4, 0.5) is 4.39 Å². The lowest BCUT2D eigenvalue weighted by atomic mass is 9.96. The summed E-state index contributed by atoms with van der Waals surface area (Å²) >= 11 is 0. The van der Waals surface area contributed by atoms with Gasteiger partial charge in [-0.1, -0.05) is 6.92 Å². The van der Waals surface area contributed by atoms with Crippen LogP contribution in [0.15, 0.2) is 24.3 Å². The second-order valence-electron chi connectivity index (χ2n) is 6.53. The molecule has 2 aliphatic rings. The van der Waals surface area contributed by atoms with E-state index in [9.17, 15) is 23.9 Å². The van der Waals surface area contributed by atoms with Gasteiger partial charge >= 0.3 is 5.97 Å². The van der Waals surface area contributed by atoms with E-state index in [1.165, 1.54) is 17.0 Å². The van der Waals surface area contributed by atoms with Crippen LogP contribution in [0, 0.1) is 5.82 Å². The van der Waals surface area contributed by atoms with E-state index in [1.807, 2.05) is 0 Å². The quantitative estimate of drug-likeness (QED) is 0.878. The predicted molar refractivity (Wildman–Crippen MR) is 88.8 cm³/mol. The van der Waals surface area contributed by atoms with E-state index >= 15 is 0 Å². The van der Waals surface area contributed by atoms with Crippen molar-refractivity contribution in [1.29, 1.82) is 0 Å². The Labute approximate surface area is 150 Å². The van der Waals surface area contributed by atoms with Crippen LogP contribution < -0.4 is 0 Å². The molecule has 2 saturated heterocycles. The van der Waals surface area contributed by atoms with Gasteiger partial charge in [0, 0.05) is 37.9 Å². The highest BCUT2D eigenvalue weighted by Crippen LogP contribution is 2.38. The molecule has 1 aromatic rings. The van der Waals surface area contributed by atoms with Crippen LogP contribution in [0.25, 0.3) is 0 Å². The Hall–Kier alpha value is -2.48. The van der Waals surface area contributed by atoms with Gasteiger partial charge in [0.25, 0.3) is 5.91 Å². The third kappa shape index (κ3) is 3.16. The monoisotopic (exact) mass is 364 g/mol. The fourth-order valence-electron chi connectivity index (χ4n) is 3.62. The minimum Gasteiger partial charge on any atom is -0.480 e. The van der Waals surface area contributed by atoms with Gasteiger partial charge < -0.3 is 14.7 Å². The van der Waals surface area contributed by atoms with Crippen molar-refractivity contribution < 1.29 is 28.6 Å². The molecule has 2 fully saturated rings. The number of hydrogen-bond acceptors (Lipinski definition) is 4. The molecule has 1 N–H and O–H groups in total. The number of likely N-dealkylation sites (tertiary alicyclic amines) is 1. The van der Waals surface area contributed by atoms with Crippen molar-refractivity contribution in [3.63, 3.8) is 0 Å². The number of carboxylic acids is 1. The fourth-order valence-corrected chi connectivity index (χ4v) is 3.62. The van der Waals surface area contributed by atoms with E-state index in [-0.39, 0.29) is 18.1 Å². The van der Waals surface area contributed by atoms with Crippen molar-refractivity contribution in [2.45, 2.75) is 38.0 Å². The molecule has 26 heavy (non-hydrogen) atoms. The van der Waals surface area contributed by atoms with Crippen molar-refractivity contribution in [2.75, 3.05) is 19.7 Å². The average Bonchev–Trinajstić information content (AvgIpc) is 3.00. The largest absolute Gasteiger partial charge is 0.480 e. The minimum atomic E-state index is -1.15. The van der Waals surface area contributed by atoms with E-state index in [0.29, 0.717) is 32.4 Å². The molecule has 0 aromatic heterocycles. The first-order valence-corrected chi connectivity index (χ1v) is 8.62. The second kappa shape index (κ2) is 7.03. The van der Waals surface area contributed by atoms with E-state index < -0.39 is 29.5 Å². The molecule has 1 spiro atoms. The molecule has 140 valence electrons. The Morgan fingerprint density at radius 3 is 2.38 bits per heavy atom. The normalized spacial score (nSPS) is 21.8. The predicted octanol–water partition coefficient (Wildman–Crippen LogP) is 1.48. The first-order valence-electron chi connectivity index (χ1n) is 8.62. The molecule has 8 heteroatoms. The minimum absolute atomic E-state index is 0.0176. The molecule has 1 unspecified atom stereocenters. The first-order chi connectivity index (χ1) is 12.4. The van der Waals surface area contributed by atoms with Crippen LogP contribution in [0.2, 0.25) is 0 Å². The SMILES string of the molecule is CCC(=O)N1CCC2(CC1)OCC(C(=O)O)N2C(=O)c1ccc(F)cc1. The van der Waals surface area contributed by atoms with Gasteiger partial charge in [0.1, 0.15) is 11.5 Å². The number of benzene rings is 1. The maximum atomic E-state index is 13.2. The van der Waals surface area contributed by atoms with E-state index in [0.717, 1.165) is 12.1 Å². The molecule has 2 heterocycles. The molecular formula is C18H21FN2O5. The zero-order chi connectivity index (χ0) is 18.9. The number of piperidine rings is 1. The summed E-state index contributed by atoms with van der Waals surface area (Å²) in [6.45, 7) is 2.46. The Morgan fingerprint density at radius 2 is 1.85 bits per heavy atom. The number of hydrogen-bond donors (Lipinski definition) is 1. The summed E-state index contributed by atoms with van der Waals surface area (Å²) in [5.41, 5.74) is -0.853. The standard InChI is InChI=1S/C18H21FN2O5/c1-2-15(22)20-9-7-18(8-10-20)21(14(11-26-18)17(24)25)16(23)12-3-5-13(19)6-4-12/h3-6,14H,2,7-11H2,1H3,(H,24,25). The topological polar surface area (TPSA) is 87.2 Å². The molecule has 0 bridgehead atoms. The Kier molecular flexibility index (Phi) is 4.95. The second-order valence-corrected chi connectivity index (χ2v) is 6.53. The summed E-state index contributed by atoms with van der Waals surface area (Å²) < 4.78 is 19.0. The molecule has 0 radical (unpaired) electrons. The number of carbonyl (C=O) groups excluding carboxylic acids is 2. The summed E-state index contributed by atoms with van der Waals surface area (Å²) in [5, 5.41) is 9.52. The van der Waals surface area contributed by atoms with Crippen LogP contribution in [-0.4, -0.2) is 64.2 Å². The number of amides is 2. The number of carboxylic acid groups (broad SMARTS) is 1. The third-order valence-corrected chi connectivity index (χ3v) is 5.06. The Balaban J connectivity index is 1.87. The summed E-state index contributed by atoms with van der Waals surface area (Å²) in [4.78, 5) is 39.5. The van der Waals surface area contributed by atoms with Gasteiger partial charge in [-0.05, 0) is 24.3 Å². The Morgan fingerprint density at radius 1 is 1.23 bits per heavy atom. The lowest BCUT2D eigenvalue weighted by Crippen LogP contribution is -2.58. The first kappa shape index (κ1) is 18.3. The number of ether oxygens (including phenoxy) is 1. The van der Waals surface area contributed by atoms with Gasteiger partial charge in [-0.2, -0.15) is 0 Å². The average molecular weight is 364 g/mol. The van der Waals surface area contributed by atoms with Crippen molar-refractivity contribution in [3.05, 3.63) is 35.6 Å². The molecule has 2 aliphatic heterocycles. The zero-order valence-corrected chi connectivity index (χ0v) is 14.5. The summed E-state index contributed by atoms with van der Waals surface area (Å²) in [5.74, 6) is -2.12. The van der Waals surface area contributed by atoms with Crippen LogP contribution in [0.5, 0.6) is 0 Å². The smallest absolute Gasteiger partial charge is 0.328 e. The summed E-state index contributed by atoms with van der Waals surface area (Å²) in [7, 11) is 0. The van der Waals surface area contributed by atoms with Crippen molar-refractivity contribution in [3.8, 4) is 0 Å². The zero-order valence-electron chi connectivity index (χ0n) is 14.5. The highest BCUT2D eigenvalue weighted by atomic mass is 19.1. The van der Waals surface area contributed by atoms with E-state index in [1.54, 1.807) is 11.8 Å². The van der Waals surface area contributed by atoms with Crippen LogP contribution in [0.1, 0.15) is 36.5 Å². The van der Waals surface area contributed by atoms with Gasteiger partial charge in [0.2, 0.25) is 5.91 Å². The van der Waals surface area contributed by atoms with Crippen LogP contribution in [-0.2, 0) is 14.3 Å². The van der Waals surface area contributed by atoms with E-state index in [4.69, 9.17) is 4.74 Å². The maximum Gasteiger partial charge on any atom is 0.328 e. The fraction of sp³-hybridized carbons (Fsp3) is 0.500. The lowest BCUT2D eigenvalue weighted by molar-refractivity contribution is -0.147. The molecule has 1 aromatic carbocycles. The Bertz CT molecular complexity index is 713. The van der Waals surface area contributed by atoms with Crippen LogP contribution >= 0.6 is 0 Å². The molecule has 1 atom stereocenters. The van der Waals surface area contributed by atoms with Gasteiger partial charge in [-0.15, -0.1) is 0 Å². The number of rotatable bonds is 3.